The third kappa shape index (κ3) is 2.16. The molecule has 3 rings (SSSR count). The van der Waals surface area contributed by atoms with Gasteiger partial charge in [0.05, 0.1) is 0 Å². The van der Waals surface area contributed by atoms with Gasteiger partial charge in [0, 0.05) is 18.1 Å². The topological polar surface area (TPSA) is 17.8 Å². The molecule has 0 atom stereocenters. The van der Waals surface area contributed by atoms with Crippen molar-refractivity contribution < 1.29 is 4.39 Å². The number of aromatic nitrogens is 2. The van der Waals surface area contributed by atoms with Crippen molar-refractivity contribution in [3.05, 3.63) is 64.6 Å². The lowest BCUT2D eigenvalue weighted by Crippen LogP contribution is -1.99. The Morgan fingerprint density at radius 1 is 1.17 bits per heavy atom. The Morgan fingerprint density at radius 2 is 2.06 bits per heavy atom. The van der Waals surface area contributed by atoms with Crippen LogP contribution in [-0.4, -0.2) is 9.55 Å². The third-order valence-electron chi connectivity index (χ3n) is 2.82. The van der Waals surface area contributed by atoms with Crippen LogP contribution in [-0.2, 0) is 6.54 Å². The Labute approximate surface area is 112 Å². The fraction of sp³-hybridized carbons (Fsp3) is 0.0714. The first-order chi connectivity index (χ1) is 8.72. The molecule has 0 radical (unpaired) electrons. The Bertz CT molecular complexity index is 706. The molecule has 0 amide bonds. The maximum atomic E-state index is 13.1. The highest BCUT2D eigenvalue weighted by Gasteiger charge is 2.04. The normalized spacial score (nSPS) is 11.0. The summed E-state index contributed by atoms with van der Waals surface area (Å²) in [5.41, 5.74) is 1.82. The van der Waals surface area contributed by atoms with E-state index in [0.717, 1.165) is 21.2 Å². The summed E-state index contributed by atoms with van der Waals surface area (Å²) in [5, 5.41) is 1.08. The fourth-order valence-corrected chi connectivity index (χ4v) is 2.30. The van der Waals surface area contributed by atoms with Crippen molar-refractivity contribution in [3.8, 4) is 0 Å². The number of hydrogen-bond donors (Lipinski definition) is 0. The lowest BCUT2D eigenvalue weighted by molar-refractivity contribution is 0.624. The molecule has 0 saturated heterocycles. The van der Waals surface area contributed by atoms with E-state index in [1.54, 1.807) is 12.1 Å². The van der Waals surface area contributed by atoms with Gasteiger partial charge in [-0.2, -0.15) is 0 Å². The van der Waals surface area contributed by atoms with Crippen LogP contribution in [0.2, 0.25) is 0 Å². The summed E-state index contributed by atoms with van der Waals surface area (Å²) in [6, 6.07) is 12.6. The number of rotatable bonds is 2. The Hall–Kier alpha value is -1.68. The number of halogens is 2. The molecule has 0 spiro atoms. The highest BCUT2D eigenvalue weighted by atomic mass is 79.9. The van der Waals surface area contributed by atoms with Crippen LogP contribution in [0.5, 0.6) is 0 Å². The van der Waals surface area contributed by atoms with E-state index in [1.807, 2.05) is 35.0 Å². The van der Waals surface area contributed by atoms with Crippen LogP contribution in [0.3, 0.4) is 0 Å². The second-order valence-electron chi connectivity index (χ2n) is 4.12. The summed E-state index contributed by atoms with van der Waals surface area (Å²) in [6.45, 7) is 0.616. The first-order valence-corrected chi connectivity index (χ1v) is 6.37. The second-order valence-corrected chi connectivity index (χ2v) is 4.93. The average molecular weight is 305 g/mol. The highest BCUT2D eigenvalue weighted by molar-refractivity contribution is 9.10. The molecule has 0 aliphatic carbocycles. The van der Waals surface area contributed by atoms with Crippen LogP contribution in [0.15, 0.2) is 53.3 Å². The largest absolute Gasteiger partial charge is 0.328 e. The van der Waals surface area contributed by atoms with Crippen LogP contribution in [0.4, 0.5) is 4.39 Å². The fourth-order valence-electron chi connectivity index (χ4n) is 2.00. The predicted octanol–water partition coefficient (Wildman–Crippen LogP) is 3.99. The van der Waals surface area contributed by atoms with Crippen molar-refractivity contribution in [2.75, 3.05) is 0 Å². The van der Waals surface area contributed by atoms with E-state index in [1.165, 1.54) is 6.07 Å². The Kier molecular flexibility index (Phi) is 2.88. The summed E-state index contributed by atoms with van der Waals surface area (Å²) < 4.78 is 16.0. The van der Waals surface area contributed by atoms with Gasteiger partial charge < -0.3 is 4.57 Å². The van der Waals surface area contributed by atoms with Gasteiger partial charge in [0.2, 0.25) is 0 Å². The van der Waals surface area contributed by atoms with Crippen LogP contribution in [0.1, 0.15) is 5.56 Å². The van der Waals surface area contributed by atoms with E-state index in [4.69, 9.17) is 0 Å². The molecule has 2 aromatic heterocycles. The molecular weight excluding hydrogens is 295 g/mol. The van der Waals surface area contributed by atoms with Gasteiger partial charge in [0.25, 0.3) is 0 Å². The molecule has 0 aliphatic rings. The monoisotopic (exact) mass is 304 g/mol. The van der Waals surface area contributed by atoms with Gasteiger partial charge in [-0.1, -0.05) is 12.1 Å². The maximum absolute atomic E-state index is 13.1. The predicted molar refractivity (Wildman–Crippen MR) is 72.9 cm³/mol. The standard InChI is InChI=1S/C14H10BrFN2/c15-13-5-4-11-6-7-18(14(11)17-13)9-10-2-1-3-12(16)8-10/h1-8H,9H2. The van der Waals surface area contributed by atoms with Crippen molar-refractivity contribution in [2.24, 2.45) is 0 Å². The van der Waals surface area contributed by atoms with Gasteiger partial charge in [-0.15, -0.1) is 0 Å². The first kappa shape index (κ1) is 11.4. The molecule has 0 fully saturated rings. The van der Waals surface area contributed by atoms with Gasteiger partial charge in [0.1, 0.15) is 16.1 Å². The van der Waals surface area contributed by atoms with Crippen LogP contribution < -0.4 is 0 Å². The number of nitrogens with zero attached hydrogens (tertiary/aromatic N) is 2. The van der Waals surface area contributed by atoms with Crippen molar-refractivity contribution in [1.82, 2.24) is 9.55 Å². The zero-order chi connectivity index (χ0) is 12.5. The summed E-state index contributed by atoms with van der Waals surface area (Å²) >= 11 is 3.36. The van der Waals surface area contributed by atoms with Gasteiger partial charge in [-0.05, 0) is 51.8 Å². The minimum absolute atomic E-state index is 0.210. The van der Waals surface area contributed by atoms with E-state index in [9.17, 15) is 4.39 Å². The van der Waals surface area contributed by atoms with E-state index in [2.05, 4.69) is 20.9 Å². The van der Waals surface area contributed by atoms with E-state index >= 15 is 0 Å². The highest BCUT2D eigenvalue weighted by Crippen LogP contribution is 2.18. The molecule has 2 heterocycles. The lowest BCUT2D eigenvalue weighted by Gasteiger charge is -2.05. The molecule has 90 valence electrons. The molecule has 0 N–H and O–H groups in total. The number of pyridine rings is 1. The molecule has 18 heavy (non-hydrogen) atoms. The molecular formula is C14H10BrFN2. The van der Waals surface area contributed by atoms with Crippen LogP contribution in [0, 0.1) is 5.82 Å². The molecule has 1 aromatic carbocycles. The van der Waals surface area contributed by atoms with Crippen molar-refractivity contribution in [3.63, 3.8) is 0 Å². The van der Waals surface area contributed by atoms with E-state index < -0.39 is 0 Å². The number of fused-ring (bicyclic) bond motifs is 1. The zero-order valence-electron chi connectivity index (χ0n) is 9.48. The lowest BCUT2D eigenvalue weighted by atomic mass is 10.2. The van der Waals surface area contributed by atoms with Gasteiger partial charge in [-0.25, -0.2) is 9.37 Å². The van der Waals surface area contributed by atoms with Gasteiger partial charge in [-0.3, -0.25) is 0 Å². The maximum Gasteiger partial charge on any atom is 0.141 e. The molecule has 3 aromatic rings. The SMILES string of the molecule is Fc1cccc(Cn2ccc3ccc(Br)nc32)c1. The smallest absolute Gasteiger partial charge is 0.141 e. The minimum Gasteiger partial charge on any atom is -0.328 e. The van der Waals surface area contributed by atoms with Crippen molar-refractivity contribution in [1.29, 1.82) is 0 Å². The van der Waals surface area contributed by atoms with Crippen molar-refractivity contribution in [2.45, 2.75) is 6.54 Å². The Morgan fingerprint density at radius 3 is 2.89 bits per heavy atom. The number of hydrogen-bond acceptors (Lipinski definition) is 1. The number of benzene rings is 1. The molecule has 0 unspecified atom stereocenters. The summed E-state index contributed by atoms with van der Waals surface area (Å²) in [5.74, 6) is -0.210. The average Bonchev–Trinajstić information content (AvgIpc) is 2.72. The quantitative estimate of drug-likeness (QED) is 0.655. The molecule has 0 bridgehead atoms. The molecule has 2 nitrogen and oxygen atoms in total. The van der Waals surface area contributed by atoms with Gasteiger partial charge >= 0.3 is 0 Å². The molecule has 0 saturated carbocycles. The van der Waals surface area contributed by atoms with E-state index in [-0.39, 0.29) is 5.82 Å². The summed E-state index contributed by atoms with van der Waals surface area (Å²) in [4.78, 5) is 4.44. The van der Waals surface area contributed by atoms with Crippen LogP contribution >= 0.6 is 15.9 Å². The van der Waals surface area contributed by atoms with Crippen molar-refractivity contribution >= 4 is 27.0 Å². The van der Waals surface area contributed by atoms with Gasteiger partial charge in [0.15, 0.2) is 0 Å². The third-order valence-corrected chi connectivity index (χ3v) is 3.26. The molecule has 4 heteroatoms. The zero-order valence-corrected chi connectivity index (χ0v) is 11.1. The van der Waals surface area contributed by atoms with E-state index in [0.29, 0.717) is 6.54 Å². The molecule has 0 aliphatic heterocycles. The van der Waals surface area contributed by atoms with Crippen LogP contribution in [0.25, 0.3) is 11.0 Å². The minimum atomic E-state index is -0.210. The first-order valence-electron chi connectivity index (χ1n) is 5.58. The summed E-state index contributed by atoms with van der Waals surface area (Å²) in [6.07, 6.45) is 1.97. The summed E-state index contributed by atoms with van der Waals surface area (Å²) in [7, 11) is 0. The second kappa shape index (κ2) is 4.53. The Balaban J connectivity index is 2.02.